The summed E-state index contributed by atoms with van der Waals surface area (Å²) >= 11 is 6.01. The van der Waals surface area contributed by atoms with Crippen molar-refractivity contribution in [2.24, 2.45) is 0 Å². The summed E-state index contributed by atoms with van der Waals surface area (Å²) in [5, 5.41) is 3.81. The van der Waals surface area contributed by atoms with Crippen molar-refractivity contribution in [2.45, 2.75) is 18.8 Å². The fourth-order valence-electron chi connectivity index (χ4n) is 3.38. The smallest absolute Gasteiger partial charge is 0.224 e. The standard InChI is InChI=1S/C18H14ClNO/c19-12-7-5-11(6-8-12)17-13-3-1-2-4-14(13)18-15(17)9-10-16(21)20-18/h1-8,17H,9-10H2,(H,20,21). The highest BCUT2D eigenvalue weighted by molar-refractivity contribution is 6.30. The summed E-state index contributed by atoms with van der Waals surface area (Å²) in [5.41, 5.74) is 5.99. The Labute approximate surface area is 128 Å². The number of benzene rings is 2. The molecular weight excluding hydrogens is 282 g/mol. The minimum atomic E-state index is 0.111. The minimum absolute atomic E-state index is 0.111. The lowest BCUT2D eigenvalue weighted by Gasteiger charge is -2.20. The summed E-state index contributed by atoms with van der Waals surface area (Å²) in [4.78, 5) is 11.7. The molecule has 0 aromatic heterocycles. The van der Waals surface area contributed by atoms with Crippen molar-refractivity contribution in [1.29, 1.82) is 0 Å². The molecule has 1 atom stereocenters. The third-order valence-corrected chi connectivity index (χ3v) is 4.55. The molecule has 2 nitrogen and oxygen atoms in total. The number of carbonyl (C=O) groups excluding carboxylic acids is 1. The highest BCUT2D eigenvalue weighted by atomic mass is 35.5. The zero-order valence-electron chi connectivity index (χ0n) is 11.4. The van der Waals surface area contributed by atoms with Crippen LogP contribution in [0.15, 0.2) is 54.1 Å². The topological polar surface area (TPSA) is 29.1 Å². The fourth-order valence-corrected chi connectivity index (χ4v) is 3.51. The molecule has 0 fully saturated rings. The van der Waals surface area contributed by atoms with Gasteiger partial charge in [-0.05, 0) is 35.3 Å². The molecule has 0 saturated carbocycles. The van der Waals surface area contributed by atoms with Gasteiger partial charge in [-0.2, -0.15) is 0 Å². The molecule has 0 saturated heterocycles. The van der Waals surface area contributed by atoms with Crippen molar-refractivity contribution in [3.05, 3.63) is 75.8 Å². The van der Waals surface area contributed by atoms with Gasteiger partial charge in [-0.3, -0.25) is 4.79 Å². The van der Waals surface area contributed by atoms with Crippen molar-refractivity contribution in [1.82, 2.24) is 5.32 Å². The Morgan fingerprint density at radius 2 is 1.76 bits per heavy atom. The molecule has 1 heterocycles. The van der Waals surface area contributed by atoms with E-state index in [9.17, 15) is 4.79 Å². The van der Waals surface area contributed by atoms with Gasteiger partial charge >= 0.3 is 0 Å². The normalized spacial score (nSPS) is 20.0. The Balaban J connectivity index is 1.90. The molecule has 1 amide bonds. The molecular formula is C18H14ClNO. The first kappa shape index (κ1) is 12.7. The maximum Gasteiger partial charge on any atom is 0.224 e. The number of allylic oxidation sites excluding steroid dienone is 1. The molecule has 2 aromatic rings. The molecule has 1 unspecified atom stereocenters. The lowest BCUT2D eigenvalue weighted by molar-refractivity contribution is -0.120. The van der Waals surface area contributed by atoms with Gasteiger partial charge in [0.1, 0.15) is 0 Å². The number of hydrogen-bond donors (Lipinski definition) is 1. The molecule has 2 aromatic carbocycles. The lowest BCUT2D eigenvalue weighted by atomic mass is 9.86. The van der Waals surface area contributed by atoms with E-state index in [1.54, 1.807) is 0 Å². The number of halogens is 1. The largest absolute Gasteiger partial charge is 0.326 e. The maximum atomic E-state index is 11.7. The van der Waals surface area contributed by atoms with Gasteiger partial charge in [0.2, 0.25) is 5.91 Å². The number of fused-ring (bicyclic) bond motifs is 2. The molecule has 104 valence electrons. The average Bonchev–Trinajstić information content (AvgIpc) is 2.82. The van der Waals surface area contributed by atoms with Gasteiger partial charge in [-0.25, -0.2) is 0 Å². The summed E-state index contributed by atoms with van der Waals surface area (Å²) in [6.45, 7) is 0. The summed E-state index contributed by atoms with van der Waals surface area (Å²) in [6.07, 6.45) is 1.39. The number of carbonyl (C=O) groups is 1. The second kappa shape index (κ2) is 4.74. The van der Waals surface area contributed by atoms with Crippen molar-refractivity contribution >= 4 is 23.2 Å². The highest BCUT2D eigenvalue weighted by Gasteiger charge is 2.35. The summed E-state index contributed by atoms with van der Waals surface area (Å²) in [5.74, 6) is 0.342. The summed E-state index contributed by atoms with van der Waals surface area (Å²) in [6, 6.07) is 16.3. The van der Waals surface area contributed by atoms with Crippen LogP contribution < -0.4 is 5.32 Å². The van der Waals surface area contributed by atoms with Crippen LogP contribution in [0.3, 0.4) is 0 Å². The molecule has 2 aliphatic rings. The van der Waals surface area contributed by atoms with Crippen LogP contribution in [0.1, 0.15) is 35.4 Å². The van der Waals surface area contributed by atoms with Crippen LogP contribution in [0.4, 0.5) is 0 Å². The lowest BCUT2D eigenvalue weighted by Crippen LogP contribution is -2.26. The average molecular weight is 296 g/mol. The SMILES string of the molecule is O=C1CCC2=C(N1)c1ccccc1C2c1ccc(Cl)cc1. The Morgan fingerprint density at radius 3 is 2.57 bits per heavy atom. The maximum absolute atomic E-state index is 11.7. The van der Waals surface area contributed by atoms with Crippen LogP contribution in [0.25, 0.3) is 5.70 Å². The predicted molar refractivity (Wildman–Crippen MR) is 84.0 cm³/mol. The molecule has 1 aliphatic carbocycles. The van der Waals surface area contributed by atoms with Crippen LogP contribution >= 0.6 is 11.6 Å². The van der Waals surface area contributed by atoms with Crippen molar-refractivity contribution in [3.8, 4) is 0 Å². The van der Waals surface area contributed by atoms with E-state index >= 15 is 0 Å². The van der Waals surface area contributed by atoms with E-state index in [2.05, 4.69) is 35.6 Å². The third-order valence-electron chi connectivity index (χ3n) is 4.30. The molecule has 4 rings (SSSR count). The number of rotatable bonds is 1. The first-order chi connectivity index (χ1) is 10.2. The van der Waals surface area contributed by atoms with E-state index in [1.165, 1.54) is 16.7 Å². The fraction of sp³-hybridized carbons (Fsp3) is 0.167. The van der Waals surface area contributed by atoms with Crippen LogP contribution in [0.5, 0.6) is 0 Å². The van der Waals surface area contributed by atoms with Crippen molar-refractivity contribution in [2.75, 3.05) is 0 Å². The quantitative estimate of drug-likeness (QED) is 0.843. The van der Waals surface area contributed by atoms with E-state index < -0.39 is 0 Å². The molecule has 21 heavy (non-hydrogen) atoms. The molecule has 0 spiro atoms. The number of hydrogen-bond acceptors (Lipinski definition) is 1. The van der Waals surface area contributed by atoms with Gasteiger partial charge in [0.05, 0.1) is 0 Å². The van der Waals surface area contributed by atoms with Crippen LogP contribution in [0.2, 0.25) is 5.02 Å². The minimum Gasteiger partial charge on any atom is -0.326 e. The summed E-state index contributed by atoms with van der Waals surface area (Å²) < 4.78 is 0. The second-order valence-electron chi connectivity index (χ2n) is 5.52. The predicted octanol–water partition coefficient (Wildman–Crippen LogP) is 4.11. The second-order valence-corrected chi connectivity index (χ2v) is 5.96. The first-order valence-electron chi connectivity index (χ1n) is 7.11. The first-order valence-corrected chi connectivity index (χ1v) is 7.49. The van der Waals surface area contributed by atoms with Crippen LogP contribution in [-0.2, 0) is 4.79 Å². The van der Waals surface area contributed by atoms with Gasteiger partial charge in [0.15, 0.2) is 0 Å². The van der Waals surface area contributed by atoms with E-state index in [-0.39, 0.29) is 11.8 Å². The zero-order chi connectivity index (χ0) is 14.4. The number of nitrogens with one attached hydrogen (secondary N) is 1. The Hall–Kier alpha value is -2.06. The van der Waals surface area contributed by atoms with Gasteiger partial charge in [0.25, 0.3) is 0 Å². The third kappa shape index (κ3) is 1.98. The molecule has 3 heteroatoms. The van der Waals surface area contributed by atoms with Gasteiger partial charge in [0, 0.05) is 28.6 Å². The van der Waals surface area contributed by atoms with Gasteiger partial charge < -0.3 is 5.32 Å². The van der Waals surface area contributed by atoms with E-state index in [4.69, 9.17) is 11.6 Å². The zero-order valence-corrected chi connectivity index (χ0v) is 12.2. The van der Waals surface area contributed by atoms with Crippen LogP contribution in [0, 0.1) is 0 Å². The van der Waals surface area contributed by atoms with Crippen LogP contribution in [-0.4, -0.2) is 5.91 Å². The monoisotopic (exact) mass is 295 g/mol. The Bertz CT molecular complexity index is 761. The Morgan fingerprint density at radius 1 is 1.00 bits per heavy atom. The highest BCUT2D eigenvalue weighted by Crippen LogP contribution is 2.47. The van der Waals surface area contributed by atoms with Crippen molar-refractivity contribution < 1.29 is 4.79 Å². The van der Waals surface area contributed by atoms with Gasteiger partial charge in [-0.15, -0.1) is 0 Å². The molecule has 0 radical (unpaired) electrons. The van der Waals surface area contributed by atoms with E-state index in [1.807, 2.05) is 18.2 Å². The van der Waals surface area contributed by atoms with E-state index in [0.717, 1.165) is 22.7 Å². The Kier molecular flexibility index (Phi) is 2.86. The van der Waals surface area contributed by atoms with E-state index in [0.29, 0.717) is 6.42 Å². The summed E-state index contributed by atoms with van der Waals surface area (Å²) in [7, 11) is 0. The molecule has 1 aliphatic heterocycles. The number of amides is 1. The van der Waals surface area contributed by atoms with Gasteiger partial charge in [-0.1, -0.05) is 48.0 Å². The van der Waals surface area contributed by atoms with Crippen molar-refractivity contribution in [3.63, 3.8) is 0 Å². The molecule has 0 bridgehead atoms. The molecule has 1 N–H and O–H groups in total.